The van der Waals surface area contributed by atoms with E-state index in [2.05, 4.69) is 5.32 Å². The minimum absolute atomic E-state index is 0.145. The van der Waals surface area contributed by atoms with E-state index in [4.69, 9.17) is 5.11 Å². The van der Waals surface area contributed by atoms with Gasteiger partial charge in [-0.2, -0.15) is 0 Å². The van der Waals surface area contributed by atoms with Gasteiger partial charge < -0.3 is 15.3 Å². The smallest absolute Gasteiger partial charge is 0.326 e. The molecule has 6 nitrogen and oxygen atoms in total. The maximum absolute atomic E-state index is 12.2. The third kappa shape index (κ3) is 5.07. The molecule has 0 saturated heterocycles. The Morgan fingerprint density at radius 2 is 1.73 bits per heavy atom. The number of benzene rings is 1. The summed E-state index contributed by atoms with van der Waals surface area (Å²) in [6, 6.07) is 6.26. The van der Waals surface area contributed by atoms with Crippen molar-refractivity contribution in [1.82, 2.24) is 4.90 Å². The van der Waals surface area contributed by atoms with Crippen molar-refractivity contribution in [2.24, 2.45) is 0 Å². The summed E-state index contributed by atoms with van der Waals surface area (Å²) in [5.41, 5.74) is 0.687. The van der Waals surface area contributed by atoms with Gasteiger partial charge in [0.05, 0.1) is 5.25 Å². The summed E-state index contributed by atoms with van der Waals surface area (Å²) in [5.74, 6) is -1.42. The minimum Gasteiger partial charge on any atom is -0.480 e. The number of carbonyl (C=O) groups excluding carboxylic acids is 2. The van der Waals surface area contributed by atoms with E-state index in [9.17, 15) is 14.4 Å². The first-order valence-corrected chi connectivity index (χ1v) is 7.64. The fourth-order valence-electron chi connectivity index (χ4n) is 1.72. The van der Waals surface area contributed by atoms with Gasteiger partial charge in [0.1, 0.15) is 6.04 Å². The second-order valence-electron chi connectivity index (χ2n) is 4.93. The minimum atomic E-state index is -1.03. The van der Waals surface area contributed by atoms with Gasteiger partial charge in [0, 0.05) is 24.6 Å². The fourth-order valence-corrected chi connectivity index (χ4v) is 2.69. The summed E-state index contributed by atoms with van der Waals surface area (Å²) < 4.78 is 0. The highest BCUT2D eigenvalue weighted by atomic mass is 32.2. The van der Waals surface area contributed by atoms with Crippen LogP contribution in [0.25, 0.3) is 0 Å². The number of amides is 2. The van der Waals surface area contributed by atoms with E-state index in [0.717, 1.165) is 4.90 Å². The third-order valence-electron chi connectivity index (χ3n) is 3.12. The number of nitrogens with zero attached hydrogens (tertiary/aromatic N) is 1. The van der Waals surface area contributed by atoms with Crippen LogP contribution in [0.1, 0.15) is 20.8 Å². The van der Waals surface area contributed by atoms with E-state index < -0.39 is 17.3 Å². The van der Waals surface area contributed by atoms with E-state index in [1.165, 1.54) is 37.6 Å². The van der Waals surface area contributed by atoms with Crippen molar-refractivity contribution in [3.63, 3.8) is 0 Å². The fraction of sp³-hybridized carbons (Fsp3) is 0.400. The van der Waals surface area contributed by atoms with Gasteiger partial charge >= 0.3 is 5.97 Å². The van der Waals surface area contributed by atoms with Gasteiger partial charge in [0.2, 0.25) is 11.8 Å². The van der Waals surface area contributed by atoms with Gasteiger partial charge in [0.15, 0.2) is 0 Å². The molecule has 0 radical (unpaired) electrons. The summed E-state index contributed by atoms with van der Waals surface area (Å²) in [6.07, 6.45) is 0. The summed E-state index contributed by atoms with van der Waals surface area (Å²) in [5, 5.41) is 11.2. The number of carboxylic acids is 1. The standard InChI is InChI=1S/C15H20N2O4S/c1-9(15(20)21)17(4)14(19)10(2)22-13-7-5-12(6-8-13)16-11(3)18/h5-10H,1-4H3,(H,16,18)(H,20,21). The molecule has 0 aromatic heterocycles. The SMILES string of the molecule is CC(=O)Nc1ccc(SC(C)C(=O)N(C)C(C)C(=O)O)cc1. The molecule has 0 fully saturated rings. The van der Waals surface area contributed by atoms with Crippen molar-refractivity contribution in [3.8, 4) is 0 Å². The van der Waals surface area contributed by atoms with E-state index in [1.54, 1.807) is 31.2 Å². The molecule has 2 unspecified atom stereocenters. The largest absolute Gasteiger partial charge is 0.480 e. The third-order valence-corrected chi connectivity index (χ3v) is 4.22. The van der Waals surface area contributed by atoms with E-state index in [0.29, 0.717) is 5.69 Å². The van der Waals surface area contributed by atoms with Crippen LogP contribution in [0.2, 0.25) is 0 Å². The van der Waals surface area contributed by atoms with Crippen molar-refractivity contribution in [2.75, 3.05) is 12.4 Å². The predicted molar refractivity (Wildman–Crippen MR) is 85.9 cm³/mol. The Kier molecular flexibility index (Phi) is 6.42. The Morgan fingerprint density at radius 3 is 2.18 bits per heavy atom. The molecule has 0 aliphatic rings. The molecule has 7 heteroatoms. The molecule has 0 aliphatic heterocycles. The van der Waals surface area contributed by atoms with Crippen molar-refractivity contribution in [1.29, 1.82) is 0 Å². The second-order valence-corrected chi connectivity index (χ2v) is 6.34. The van der Waals surface area contributed by atoms with Crippen molar-refractivity contribution >= 4 is 35.2 Å². The normalized spacial score (nSPS) is 13.1. The van der Waals surface area contributed by atoms with Crippen LogP contribution < -0.4 is 5.32 Å². The van der Waals surface area contributed by atoms with Crippen LogP contribution in [0.5, 0.6) is 0 Å². The van der Waals surface area contributed by atoms with Crippen LogP contribution in [0.4, 0.5) is 5.69 Å². The first-order valence-electron chi connectivity index (χ1n) is 6.76. The predicted octanol–water partition coefficient (Wildman–Crippen LogP) is 2.06. The molecule has 120 valence electrons. The number of rotatable bonds is 6. The molecule has 0 aliphatic carbocycles. The number of nitrogens with one attached hydrogen (secondary N) is 1. The van der Waals surface area contributed by atoms with E-state index >= 15 is 0 Å². The number of carbonyl (C=O) groups is 3. The zero-order chi connectivity index (χ0) is 16.9. The summed E-state index contributed by atoms with van der Waals surface area (Å²) in [4.78, 5) is 36.1. The summed E-state index contributed by atoms with van der Waals surface area (Å²) >= 11 is 1.34. The van der Waals surface area contributed by atoms with Crippen LogP contribution in [-0.4, -0.2) is 46.1 Å². The summed E-state index contributed by atoms with van der Waals surface area (Å²) in [6.45, 7) is 4.64. The summed E-state index contributed by atoms with van der Waals surface area (Å²) in [7, 11) is 1.48. The average molecular weight is 324 g/mol. The number of likely N-dealkylation sites (N-methyl/N-ethyl adjacent to an activating group) is 1. The molecule has 1 rings (SSSR count). The lowest BCUT2D eigenvalue weighted by molar-refractivity contribution is -0.147. The topological polar surface area (TPSA) is 86.7 Å². The maximum Gasteiger partial charge on any atom is 0.326 e. The molecule has 0 saturated carbocycles. The molecule has 2 atom stereocenters. The Morgan fingerprint density at radius 1 is 1.18 bits per heavy atom. The number of aliphatic carboxylic acids is 1. The van der Waals surface area contributed by atoms with Gasteiger partial charge in [-0.3, -0.25) is 9.59 Å². The maximum atomic E-state index is 12.2. The highest BCUT2D eigenvalue weighted by Gasteiger charge is 2.26. The van der Waals surface area contributed by atoms with E-state index in [1.807, 2.05) is 0 Å². The first-order chi connectivity index (χ1) is 10.2. The second kappa shape index (κ2) is 7.84. The van der Waals surface area contributed by atoms with Crippen LogP contribution in [0, 0.1) is 0 Å². The zero-order valence-electron chi connectivity index (χ0n) is 13.0. The molecule has 2 amide bonds. The van der Waals surface area contributed by atoms with Gasteiger partial charge in [-0.1, -0.05) is 0 Å². The lowest BCUT2D eigenvalue weighted by Gasteiger charge is -2.24. The Labute approximate surface area is 133 Å². The van der Waals surface area contributed by atoms with Gasteiger partial charge in [-0.15, -0.1) is 11.8 Å². The number of hydrogen-bond acceptors (Lipinski definition) is 4. The molecule has 1 aromatic rings. The van der Waals surface area contributed by atoms with Crippen LogP contribution in [-0.2, 0) is 14.4 Å². The monoisotopic (exact) mass is 324 g/mol. The molecule has 2 N–H and O–H groups in total. The number of hydrogen-bond donors (Lipinski definition) is 2. The molecule has 0 heterocycles. The lowest BCUT2D eigenvalue weighted by atomic mass is 10.3. The van der Waals surface area contributed by atoms with Gasteiger partial charge in [0.25, 0.3) is 0 Å². The molecular weight excluding hydrogens is 304 g/mol. The quantitative estimate of drug-likeness (QED) is 0.782. The highest BCUT2D eigenvalue weighted by molar-refractivity contribution is 8.00. The van der Waals surface area contributed by atoms with Crippen LogP contribution in [0.3, 0.4) is 0 Å². The zero-order valence-corrected chi connectivity index (χ0v) is 13.8. The van der Waals surface area contributed by atoms with Gasteiger partial charge in [-0.25, -0.2) is 4.79 Å². The average Bonchev–Trinajstić information content (AvgIpc) is 2.46. The number of carboxylic acid groups (broad SMARTS) is 1. The molecule has 1 aromatic carbocycles. The highest BCUT2D eigenvalue weighted by Crippen LogP contribution is 2.26. The van der Waals surface area contributed by atoms with Crippen LogP contribution >= 0.6 is 11.8 Å². The van der Waals surface area contributed by atoms with E-state index in [-0.39, 0.29) is 11.8 Å². The Hall–Kier alpha value is -2.02. The Balaban J connectivity index is 2.67. The molecular formula is C15H20N2O4S. The van der Waals surface area contributed by atoms with Crippen molar-refractivity contribution in [2.45, 2.75) is 37.0 Å². The molecule has 22 heavy (non-hydrogen) atoms. The van der Waals surface area contributed by atoms with Crippen molar-refractivity contribution in [3.05, 3.63) is 24.3 Å². The van der Waals surface area contributed by atoms with Crippen molar-refractivity contribution < 1.29 is 19.5 Å². The van der Waals surface area contributed by atoms with Crippen LogP contribution in [0.15, 0.2) is 29.2 Å². The number of thioether (sulfide) groups is 1. The first kappa shape index (κ1) is 18.0. The van der Waals surface area contributed by atoms with Gasteiger partial charge in [-0.05, 0) is 38.1 Å². The molecule has 0 bridgehead atoms. The molecule has 0 spiro atoms. The number of anilines is 1. The Bertz CT molecular complexity index is 559. The lowest BCUT2D eigenvalue weighted by Crippen LogP contribution is -2.43.